The van der Waals surface area contributed by atoms with Crippen molar-refractivity contribution in [2.75, 3.05) is 23.8 Å². The van der Waals surface area contributed by atoms with Crippen molar-refractivity contribution in [3.05, 3.63) is 94.0 Å². The largest absolute Gasteiger partial charge is 0.493 e. The number of aryl methyl sites for hydroxylation is 1. The number of pyridine rings is 1. The van der Waals surface area contributed by atoms with Gasteiger partial charge in [-0.3, -0.25) is 14.2 Å². The number of hydrogen-bond donors (Lipinski definition) is 4. The van der Waals surface area contributed by atoms with E-state index in [1.54, 1.807) is 13.0 Å². The van der Waals surface area contributed by atoms with Crippen molar-refractivity contribution >= 4 is 34.5 Å². The third kappa shape index (κ3) is 6.77. The molecule has 0 atom stereocenters. The number of benzene rings is 2. The summed E-state index contributed by atoms with van der Waals surface area (Å²) >= 11 is 0. The fourth-order valence-corrected chi connectivity index (χ4v) is 4.40. The Morgan fingerprint density at radius 3 is 2.36 bits per heavy atom. The Bertz CT molecular complexity index is 2040. The van der Waals surface area contributed by atoms with E-state index in [2.05, 4.69) is 30.5 Å². The SMILES string of the molecule is Cc1ccc(NC(=O)c2ccn(OC(=O)C(F)(F)F)n2)cc1-c1nc(NC(CO)CO)nc2c1ccc(=O)n2-c1c(F)cccc1F. The van der Waals surface area contributed by atoms with Crippen LogP contribution in [0.4, 0.5) is 33.6 Å². The molecule has 244 valence electrons. The number of fused-ring (bicyclic) bond motifs is 1. The van der Waals surface area contributed by atoms with Crippen LogP contribution in [0.5, 0.6) is 0 Å². The molecule has 1 amide bonds. The first-order chi connectivity index (χ1) is 22.3. The van der Waals surface area contributed by atoms with Gasteiger partial charge in [-0.05, 0) is 48.9 Å². The van der Waals surface area contributed by atoms with Crippen LogP contribution in [0.3, 0.4) is 0 Å². The predicted octanol–water partition coefficient (Wildman–Crippen LogP) is 2.77. The van der Waals surface area contributed by atoms with Crippen LogP contribution in [0.25, 0.3) is 28.0 Å². The third-order valence-electron chi connectivity index (χ3n) is 6.64. The summed E-state index contributed by atoms with van der Waals surface area (Å²) in [5, 5.41) is 28.1. The van der Waals surface area contributed by atoms with E-state index in [1.165, 1.54) is 18.2 Å². The molecule has 18 heteroatoms. The summed E-state index contributed by atoms with van der Waals surface area (Å²) in [7, 11) is 0. The van der Waals surface area contributed by atoms with Crippen LogP contribution >= 0.6 is 0 Å². The van der Waals surface area contributed by atoms with Gasteiger partial charge in [-0.25, -0.2) is 18.6 Å². The van der Waals surface area contributed by atoms with Crippen LogP contribution in [-0.4, -0.2) is 72.0 Å². The number of amides is 1. The highest BCUT2D eigenvalue weighted by atomic mass is 19.4. The van der Waals surface area contributed by atoms with Crippen molar-refractivity contribution in [2.45, 2.75) is 19.1 Å². The zero-order chi connectivity index (χ0) is 34.0. The molecule has 0 unspecified atom stereocenters. The number of anilines is 2. The number of carbonyl (C=O) groups is 2. The number of carbonyl (C=O) groups excluding carboxylic acids is 2. The van der Waals surface area contributed by atoms with E-state index in [-0.39, 0.29) is 33.2 Å². The molecule has 47 heavy (non-hydrogen) atoms. The summed E-state index contributed by atoms with van der Waals surface area (Å²) in [6, 6.07) is 9.98. The number of aliphatic hydroxyl groups is 2. The number of hydrogen-bond acceptors (Lipinski definition) is 10. The Morgan fingerprint density at radius 1 is 1.00 bits per heavy atom. The maximum Gasteiger partial charge on any atom is 0.493 e. The van der Waals surface area contributed by atoms with Gasteiger partial charge in [0, 0.05) is 22.7 Å². The lowest BCUT2D eigenvalue weighted by molar-refractivity contribution is -0.201. The molecule has 0 radical (unpaired) electrons. The van der Waals surface area contributed by atoms with Gasteiger partial charge in [0.05, 0.1) is 31.1 Å². The quantitative estimate of drug-likeness (QED) is 0.172. The van der Waals surface area contributed by atoms with Crippen LogP contribution in [-0.2, 0) is 4.79 Å². The average Bonchev–Trinajstić information content (AvgIpc) is 3.49. The molecule has 3 heterocycles. The number of nitrogens with one attached hydrogen (secondary N) is 2. The summed E-state index contributed by atoms with van der Waals surface area (Å²) < 4.78 is 68.1. The molecule has 0 spiro atoms. The standard InChI is InChI=1S/C29H22F5N7O6/c1-14-5-6-15(35-26(45)21-9-10-40(39-21)47-27(46)29(32,33)34)11-18(14)23-17-7-8-22(44)41(24-19(30)3-2-4-20(24)31)25(17)38-28(37-23)36-16(12-42)13-43/h2-11,16,42-43H,12-13H2,1H3,(H,35,45)(H,36,37,38). The number of rotatable bonds is 9. The highest BCUT2D eigenvalue weighted by molar-refractivity contribution is 6.03. The maximum atomic E-state index is 14.9. The smallest absolute Gasteiger partial charge is 0.394 e. The molecule has 0 bridgehead atoms. The van der Waals surface area contributed by atoms with E-state index in [0.29, 0.717) is 15.7 Å². The maximum absolute atomic E-state index is 14.9. The Balaban J connectivity index is 1.60. The van der Waals surface area contributed by atoms with Gasteiger partial charge in [0.15, 0.2) is 11.3 Å². The van der Waals surface area contributed by atoms with Gasteiger partial charge in [-0.1, -0.05) is 17.0 Å². The highest BCUT2D eigenvalue weighted by Crippen LogP contribution is 2.33. The van der Waals surface area contributed by atoms with E-state index in [1.807, 2.05) is 0 Å². The van der Waals surface area contributed by atoms with Gasteiger partial charge < -0.3 is 25.7 Å². The fraction of sp³-hybridized carbons (Fsp3) is 0.172. The number of aromatic nitrogens is 5. The van der Waals surface area contributed by atoms with Crippen molar-refractivity contribution in [1.82, 2.24) is 24.5 Å². The second-order valence-corrected chi connectivity index (χ2v) is 9.88. The predicted molar refractivity (Wildman–Crippen MR) is 155 cm³/mol. The van der Waals surface area contributed by atoms with Crippen LogP contribution < -0.4 is 21.0 Å². The zero-order valence-corrected chi connectivity index (χ0v) is 23.9. The van der Waals surface area contributed by atoms with Crippen molar-refractivity contribution < 1.29 is 46.6 Å². The molecule has 4 N–H and O–H groups in total. The Hall–Kier alpha value is -5.75. The lowest BCUT2D eigenvalue weighted by atomic mass is 10.0. The molecule has 13 nitrogen and oxygen atoms in total. The second kappa shape index (κ2) is 12.9. The summed E-state index contributed by atoms with van der Waals surface area (Å²) in [5.74, 6) is -5.79. The Labute approximate surface area is 259 Å². The molecular formula is C29H22F5N7O6. The lowest BCUT2D eigenvalue weighted by Crippen LogP contribution is -2.33. The van der Waals surface area contributed by atoms with E-state index < -0.39 is 65.9 Å². The van der Waals surface area contributed by atoms with E-state index in [0.717, 1.165) is 36.5 Å². The van der Waals surface area contributed by atoms with Crippen molar-refractivity contribution in [3.8, 4) is 16.9 Å². The molecule has 0 aliphatic rings. The van der Waals surface area contributed by atoms with E-state index in [9.17, 15) is 46.5 Å². The summed E-state index contributed by atoms with van der Waals surface area (Å²) in [5.41, 5.74) is -1.06. The molecular weight excluding hydrogens is 637 g/mol. The minimum Gasteiger partial charge on any atom is -0.394 e. The first-order valence-electron chi connectivity index (χ1n) is 13.4. The molecule has 0 aliphatic heterocycles. The molecule has 0 saturated carbocycles. The van der Waals surface area contributed by atoms with Crippen LogP contribution in [0, 0.1) is 18.6 Å². The first-order valence-corrected chi connectivity index (χ1v) is 13.4. The molecule has 0 aliphatic carbocycles. The Morgan fingerprint density at radius 2 is 1.70 bits per heavy atom. The minimum absolute atomic E-state index is 0.106. The van der Waals surface area contributed by atoms with Crippen LogP contribution in [0.15, 0.2) is 65.6 Å². The minimum atomic E-state index is -5.29. The molecule has 5 aromatic rings. The van der Waals surface area contributed by atoms with E-state index >= 15 is 0 Å². The Kier molecular flexibility index (Phi) is 8.98. The fourth-order valence-electron chi connectivity index (χ4n) is 4.40. The normalized spacial score (nSPS) is 11.6. The molecule has 5 rings (SSSR count). The van der Waals surface area contributed by atoms with Gasteiger partial charge >= 0.3 is 12.1 Å². The summed E-state index contributed by atoms with van der Waals surface area (Å²) in [6.45, 7) is 0.570. The van der Waals surface area contributed by atoms with Gasteiger partial charge in [-0.2, -0.15) is 18.2 Å². The summed E-state index contributed by atoms with van der Waals surface area (Å²) in [4.78, 5) is 50.0. The molecule has 3 aromatic heterocycles. The van der Waals surface area contributed by atoms with Crippen LogP contribution in [0.2, 0.25) is 0 Å². The summed E-state index contributed by atoms with van der Waals surface area (Å²) in [6.07, 6.45) is -4.47. The number of aliphatic hydroxyl groups excluding tert-OH is 2. The monoisotopic (exact) mass is 659 g/mol. The van der Waals surface area contributed by atoms with Gasteiger partial charge in [-0.15, -0.1) is 5.10 Å². The highest BCUT2D eigenvalue weighted by Gasteiger charge is 2.42. The van der Waals surface area contributed by atoms with Crippen molar-refractivity contribution in [3.63, 3.8) is 0 Å². The number of alkyl halides is 3. The zero-order valence-electron chi connectivity index (χ0n) is 23.9. The first kappa shape index (κ1) is 32.6. The van der Waals surface area contributed by atoms with Crippen molar-refractivity contribution in [2.24, 2.45) is 0 Å². The second-order valence-electron chi connectivity index (χ2n) is 9.88. The average molecular weight is 660 g/mol. The topological polar surface area (TPSA) is 173 Å². The molecule has 0 fully saturated rings. The number of para-hydroxylation sites is 1. The third-order valence-corrected chi connectivity index (χ3v) is 6.64. The molecule has 2 aromatic carbocycles. The van der Waals surface area contributed by atoms with Gasteiger partial charge in [0.1, 0.15) is 17.3 Å². The number of halogens is 5. The van der Waals surface area contributed by atoms with Gasteiger partial charge in [0.2, 0.25) is 5.95 Å². The number of nitrogens with zero attached hydrogens (tertiary/aromatic N) is 5. The van der Waals surface area contributed by atoms with Gasteiger partial charge in [0.25, 0.3) is 11.5 Å². The van der Waals surface area contributed by atoms with E-state index in [4.69, 9.17) is 0 Å². The van der Waals surface area contributed by atoms with Crippen molar-refractivity contribution in [1.29, 1.82) is 0 Å². The lowest BCUT2D eigenvalue weighted by Gasteiger charge is -2.18. The molecule has 0 saturated heterocycles. The van der Waals surface area contributed by atoms with Crippen LogP contribution in [0.1, 0.15) is 16.1 Å².